The van der Waals surface area contributed by atoms with Crippen molar-refractivity contribution in [2.45, 2.75) is 44.6 Å². The van der Waals surface area contributed by atoms with E-state index in [4.69, 9.17) is 5.73 Å². The van der Waals surface area contributed by atoms with Crippen LogP contribution in [-0.4, -0.2) is 20.2 Å². The molecule has 106 valence electrons. The summed E-state index contributed by atoms with van der Waals surface area (Å²) in [7, 11) is 0. The number of aromatic nitrogens is 4. The van der Waals surface area contributed by atoms with Crippen molar-refractivity contribution < 1.29 is 4.39 Å². The lowest BCUT2D eigenvalue weighted by molar-refractivity contribution is 0.197. The first-order valence-electron chi connectivity index (χ1n) is 6.94. The van der Waals surface area contributed by atoms with Gasteiger partial charge in [-0.15, -0.1) is 5.10 Å². The van der Waals surface area contributed by atoms with Gasteiger partial charge in [-0.25, -0.2) is 9.07 Å². The molecule has 20 heavy (non-hydrogen) atoms. The quantitative estimate of drug-likeness (QED) is 0.855. The van der Waals surface area contributed by atoms with Gasteiger partial charge in [0.1, 0.15) is 5.82 Å². The van der Waals surface area contributed by atoms with Gasteiger partial charge in [0.25, 0.3) is 0 Å². The molecule has 0 atom stereocenters. The van der Waals surface area contributed by atoms with Crippen molar-refractivity contribution in [2.24, 2.45) is 0 Å². The Kier molecular flexibility index (Phi) is 3.16. The highest BCUT2D eigenvalue weighted by Crippen LogP contribution is 2.37. The molecule has 0 spiro atoms. The second-order valence-corrected chi connectivity index (χ2v) is 5.70. The van der Waals surface area contributed by atoms with Crippen molar-refractivity contribution in [3.05, 3.63) is 24.0 Å². The highest BCUT2D eigenvalue weighted by molar-refractivity contribution is 5.71. The molecule has 1 aliphatic rings. The Morgan fingerprint density at radius 1 is 1.25 bits per heavy atom. The van der Waals surface area contributed by atoms with Gasteiger partial charge in [-0.1, -0.05) is 19.3 Å². The van der Waals surface area contributed by atoms with E-state index in [0.29, 0.717) is 17.1 Å². The first-order valence-corrected chi connectivity index (χ1v) is 6.94. The number of anilines is 1. The summed E-state index contributed by atoms with van der Waals surface area (Å²) in [6, 6.07) is 4.28. The summed E-state index contributed by atoms with van der Waals surface area (Å²) < 4.78 is 15.3. The van der Waals surface area contributed by atoms with Crippen molar-refractivity contribution in [1.82, 2.24) is 20.2 Å². The molecule has 1 aromatic carbocycles. The number of halogens is 1. The Morgan fingerprint density at radius 3 is 2.75 bits per heavy atom. The van der Waals surface area contributed by atoms with Gasteiger partial charge in [-0.3, -0.25) is 0 Å². The first kappa shape index (κ1) is 13.0. The molecule has 6 heteroatoms. The third-order valence-electron chi connectivity index (χ3n) is 4.17. The van der Waals surface area contributed by atoms with Crippen molar-refractivity contribution in [3.8, 4) is 11.4 Å². The molecule has 1 aliphatic carbocycles. The summed E-state index contributed by atoms with van der Waals surface area (Å²) in [5.41, 5.74) is 6.88. The fourth-order valence-corrected chi connectivity index (χ4v) is 2.97. The third kappa shape index (κ3) is 2.15. The lowest BCUT2D eigenvalue weighted by atomic mass is 9.83. The minimum absolute atomic E-state index is 0.115. The van der Waals surface area contributed by atoms with Crippen molar-refractivity contribution >= 4 is 5.69 Å². The number of hydrogen-bond acceptors (Lipinski definition) is 4. The number of benzene rings is 1. The topological polar surface area (TPSA) is 69.6 Å². The Labute approximate surface area is 117 Å². The van der Waals surface area contributed by atoms with Crippen LogP contribution < -0.4 is 5.73 Å². The number of tetrazole rings is 1. The molecule has 3 rings (SSSR count). The van der Waals surface area contributed by atoms with Crippen LogP contribution in [0.15, 0.2) is 18.2 Å². The van der Waals surface area contributed by atoms with Gasteiger partial charge in [-0.05, 0) is 48.4 Å². The summed E-state index contributed by atoms with van der Waals surface area (Å²) in [6.07, 6.45) is 5.62. The van der Waals surface area contributed by atoms with E-state index >= 15 is 0 Å². The molecule has 0 unspecified atom stereocenters. The van der Waals surface area contributed by atoms with Crippen molar-refractivity contribution in [2.75, 3.05) is 5.73 Å². The Balaban J connectivity index is 2.08. The van der Waals surface area contributed by atoms with Crippen LogP contribution in [0.25, 0.3) is 11.4 Å². The Hall–Kier alpha value is -1.98. The van der Waals surface area contributed by atoms with Crippen LogP contribution >= 0.6 is 0 Å². The zero-order chi connectivity index (χ0) is 14.2. The van der Waals surface area contributed by atoms with E-state index in [1.807, 2.05) is 4.68 Å². The van der Waals surface area contributed by atoms with Crippen LogP contribution in [0.5, 0.6) is 0 Å². The molecule has 1 aromatic heterocycles. The molecule has 1 heterocycles. The number of nitrogen functional groups attached to an aromatic ring is 1. The number of nitrogens with zero attached hydrogens (tertiary/aromatic N) is 4. The highest BCUT2D eigenvalue weighted by Gasteiger charge is 2.33. The second kappa shape index (κ2) is 4.85. The predicted molar refractivity (Wildman–Crippen MR) is 74.4 cm³/mol. The summed E-state index contributed by atoms with van der Waals surface area (Å²) in [5, 5.41) is 12.0. The van der Waals surface area contributed by atoms with Crippen LogP contribution in [-0.2, 0) is 5.54 Å². The molecular formula is C14H18FN5. The third-order valence-corrected chi connectivity index (χ3v) is 4.17. The first-order chi connectivity index (χ1) is 9.60. The number of rotatable bonds is 2. The minimum atomic E-state index is -0.336. The zero-order valence-corrected chi connectivity index (χ0v) is 11.5. The molecule has 2 N–H and O–H groups in total. The fraction of sp³-hybridized carbons (Fsp3) is 0.500. The minimum Gasteiger partial charge on any atom is -0.398 e. The van der Waals surface area contributed by atoms with Crippen molar-refractivity contribution in [3.63, 3.8) is 0 Å². The Bertz CT molecular complexity index is 616. The molecule has 2 aromatic rings. The lowest BCUT2D eigenvalue weighted by Gasteiger charge is -2.34. The molecule has 0 aliphatic heterocycles. The largest absolute Gasteiger partial charge is 0.398 e. The van der Waals surface area contributed by atoms with Crippen LogP contribution in [0.3, 0.4) is 0 Å². The van der Waals surface area contributed by atoms with Gasteiger partial charge < -0.3 is 5.73 Å². The number of nitrogens with two attached hydrogens (primary N) is 1. The predicted octanol–water partition coefficient (Wildman–Crippen LogP) is 2.74. The van der Waals surface area contributed by atoms with Crippen LogP contribution in [0.2, 0.25) is 0 Å². The molecule has 1 saturated carbocycles. The lowest BCUT2D eigenvalue weighted by Crippen LogP contribution is -2.34. The second-order valence-electron chi connectivity index (χ2n) is 5.70. The summed E-state index contributed by atoms with van der Waals surface area (Å²) >= 11 is 0. The van der Waals surface area contributed by atoms with E-state index < -0.39 is 0 Å². The average molecular weight is 275 g/mol. The standard InChI is InChI=1S/C14H18FN5/c1-14(7-3-2-4-8-14)20-13(17-18-19-20)11-9-10(15)5-6-12(11)16/h5-6,9H,2-4,7-8,16H2,1H3. The molecule has 0 bridgehead atoms. The van der Waals surface area contributed by atoms with Gasteiger partial charge in [0.15, 0.2) is 5.82 Å². The SMILES string of the molecule is CC1(n2nnnc2-c2cc(F)ccc2N)CCCCC1. The van der Waals surface area contributed by atoms with E-state index in [1.165, 1.54) is 18.6 Å². The highest BCUT2D eigenvalue weighted by atomic mass is 19.1. The summed E-state index contributed by atoms with van der Waals surface area (Å²) in [4.78, 5) is 0. The van der Waals surface area contributed by atoms with E-state index in [0.717, 1.165) is 25.7 Å². The van der Waals surface area contributed by atoms with E-state index in [-0.39, 0.29) is 11.4 Å². The van der Waals surface area contributed by atoms with E-state index in [1.54, 1.807) is 6.07 Å². The summed E-state index contributed by atoms with van der Waals surface area (Å²) in [6.45, 7) is 2.15. The van der Waals surface area contributed by atoms with Gasteiger partial charge in [0, 0.05) is 11.3 Å². The molecule has 5 nitrogen and oxygen atoms in total. The van der Waals surface area contributed by atoms with Crippen LogP contribution in [0, 0.1) is 5.82 Å². The molecule has 0 saturated heterocycles. The normalized spacial score (nSPS) is 18.1. The van der Waals surface area contributed by atoms with Crippen molar-refractivity contribution in [1.29, 1.82) is 0 Å². The smallest absolute Gasteiger partial charge is 0.184 e. The van der Waals surface area contributed by atoms with Gasteiger partial charge in [0.05, 0.1) is 5.54 Å². The monoisotopic (exact) mass is 275 g/mol. The van der Waals surface area contributed by atoms with E-state index in [2.05, 4.69) is 22.4 Å². The fourth-order valence-electron chi connectivity index (χ4n) is 2.97. The Morgan fingerprint density at radius 2 is 2.00 bits per heavy atom. The van der Waals surface area contributed by atoms with Gasteiger partial charge in [-0.2, -0.15) is 0 Å². The maximum Gasteiger partial charge on any atom is 0.184 e. The van der Waals surface area contributed by atoms with E-state index in [9.17, 15) is 4.39 Å². The summed E-state index contributed by atoms with van der Waals surface area (Å²) in [5.74, 6) is 0.212. The van der Waals surface area contributed by atoms with Gasteiger partial charge in [0.2, 0.25) is 0 Å². The number of hydrogen-bond donors (Lipinski definition) is 1. The molecular weight excluding hydrogens is 257 g/mol. The average Bonchev–Trinajstić information content (AvgIpc) is 2.92. The maximum atomic E-state index is 13.5. The molecule has 0 radical (unpaired) electrons. The van der Waals surface area contributed by atoms with Gasteiger partial charge >= 0.3 is 0 Å². The van der Waals surface area contributed by atoms with Crippen LogP contribution in [0.4, 0.5) is 10.1 Å². The van der Waals surface area contributed by atoms with Crippen LogP contribution in [0.1, 0.15) is 39.0 Å². The molecule has 1 fully saturated rings. The molecule has 0 amide bonds. The maximum absolute atomic E-state index is 13.5. The zero-order valence-electron chi connectivity index (χ0n) is 11.5.